The lowest BCUT2D eigenvalue weighted by Crippen LogP contribution is -2.34. The Morgan fingerprint density at radius 2 is 1.71 bits per heavy atom. The van der Waals surface area contributed by atoms with Crippen LogP contribution in [0.5, 0.6) is 0 Å². The van der Waals surface area contributed by atoms with Gasteiger partial charge in [-0.1, -0.05) is 13.3 Å². The summed E-state index contributed by atoms with van der Waals surface area (Å²) in [6, 6.07) is 0. The third-order valence-corrected chi connectivity index (χ3v) is 3.84. The Hall–Kier alpha value is -0.160. The molecule has 0 saturated carbocycles. The molecule has 0 radical (unpaired) electrons. The molecule has 2 fully saturated rings. The summed E-state index contributed by atoms with van der Waals surface area (Å²) in [6.07, 6.45) is 3.15. The summed E-state index contributed by atoms with van der Waals surface area (Å²) in [5.41, 5.74) is 0. The van der Waals surface area contributed by atoms with Crippen LogP contribution in [0.15, 0.2) is 0 Å². The van der Waals surface area contributed by atoms with E-state index in [1.165, 1.54) is 12.8 Å². The van der Waals surface area contributed by atoms with E-state index in [4.69, 9.17) is 9.47 Å². The van der Waals surface area contributed by atoms with Gasteiger partial charge in [0.05, 0.1) is 25.4 Å². The fraction of sp³-hybridized carbons (Fsp3) is 1.00. The zero-order valence-electron chi connectivity index (χ0n) is 11.1. The average Bonchev–Trinajstić information content (AvgIpc) is 2.89. The van der Waals surface area contributed by atoms with E-state index < -0.39 is 0 Å². The van der Waals surface area contributed by atoms with Crippen molar-refractivity contribution < 1.29 is 9.47 Å². The molecular weight excluding hydrogens is 216 g/mol. The molecule has 0 spiro atoms. The van der Waals surface area contributed by atoms with Crippen LogP contribution in [0.4, 0.5) is 0 Å². The standard InChI is InChI=1S/C13H26N2O2/c1-3-4-5-15-7-11-9-17-12-10(6-14-2)8-16-13(11)12/h10-15H,3-9H2,1-2H3. The second-order valence-electron chi connectivity index (χ2n) is 5.23. The highest BCUT2D eigenvalue weighted by molar-refractivity contribution is 4.95. The zero-order chi connectivity index (χ0) is 12.1. The minimum absolute atomic E-state index is 0.320. The Balaban J connectivity index is 1.72. The molecule has 0 aromatic rings. The molecule has 4 nitrogen and oxygen atoms in total. The largest absolute Gasteiger partial charge is 0.375 e. The minimum atomic E-state index is 0.320. The summed E-state index contributed by atoms with van der Waals surface area (Å²) in [5, 5.41) is 6.73. The number of fused-ring (bicyclic) bond motifs is 1. The molecule has 2 heterocycles. The van der Waals surface area contributed by atoms with Crippen LogP contribution in [0.1, 0.15) is 19.8 Å². The summed E-state index contributed by atoms with van der Waals surface area (Å²) in [6.45, 7) is 7.07. The fourth-order valence-corrected chi connectivity index (χ4v) is 2.86. The third-order valence-electron chi connectivity index (χ3n) is 3.84. The minimum Gasteiger partial charge on any atom is -0.375 e. The maximum atomic E-state index is 5.91. The fourth-order valence-electron chi connectivity index (χ4n) is 2.86. The van der Waals surface area contributed by atoms with Crippen LogP contribution >= 0.6 is 0 Å². The maximum absolute atomic E-state index is 5.91. The molecule has 0 aromatic heterocycles. The van der Waals surface area contributed by atoms with Crippen LogP contribution in [-0.2, 0) is 9.47 Å². The molecule has 0 aliphatic carbocycles. The van der Waals surface area contributed by atoms with Crippen LogP contribution in [0.3, 0.4) is 0 Å². The SMILES string of the molecule is CCCCNCC1COC2C(CNC)COC12. The number of hydrogen-bond donors (Lipinski definition) is 2. The Kier molecular flexibility index (Phi) is 5.22. The third kappa shape index (κ3) is 3.19. The second kappa shape index (κ2) is 6.69. The highest BCUT2D eigenvalue weighted by Crippen LogP contribution is 2.33. The Morgan fingerprint density at radius 3 is 2.29 bits per heavy atom. The van der Waals surface area contributed by atoms with E-state index in [0.29, 0.717) is 24.0 Å². The maximum Gasteiger partial charge on any atom is 0.0903 e. The predicted molar refractivity (Wildman–Crippen MR) is 68.2 cm³/mol. The molecule has 2 saturated heterocycles. The van der Waals surface area contributed by atoms with E-state index in [0.717, 1.165) is 32.8 Å². The summed E-state index contributed by atoms with van der Waals surface area (Å²) in [7, 11) is 1.99. The quantitative estimate of drug-likeness (QED) is 0.643. The van der Waals surface area contributed by atoms with Crippen molar-refractivity contribution in [2.24, 2.45) is 11.8 Å². The molecule has 4 heteroatoms. The van der Waals surface area contributed by atoms with Crippen molar-refractivity contribution in [3.8, 4) is 0 Å². The average molecular weight is 242 g/mol. The number of hydrogen-bond acceptors (Lipinski definition) is 4. The molecule has 2 rings (SSSR count). The number of nitrogens with one attached hydrogen (secondary N) is 2. The Labute approximate surface area is 104 Å². The van der Waals surface area contributed by atoms with E-state index in [2.05, 4.69) is 17.6 Å². The van der Waals surface area contributed by atoms with Gasteiger partial charge in [0.15, 0.2) is 0 Å². The lowest BCUT2D eigenvalue weighted by molar-refractivity contribution is 0.0605. The second-order valence-corrected chi connectivity index (χ2v) is 5.23. The van der Waals surface area contributed by atoms with Gasteiger partial charge in [-0.25, -0.2) is 0 Å². The molecule has 2 aliphatic heterocycles. The van der Waals surface area contributed by atoms with E-state index in [1.807, 2.05) is 7.05 Å². The lowest BCUT2D eigenvalue weighted by Gasteiger charge is -2.17. The van der Waals surface area contributed by atoms with Gasteiger partial charge in [0.2, 0.25) is 0 Å². The number of ether oxygens (including phenoxy) is 2. The van der Waals surface area contributed by atoms with Crippen LogP contribution in [0.25, 0.3) is 0 Å². The molecule has 2 aliphatic rings. The van der Waals surface area contributed by atoms with Gasteiger partial charge in [-0.3, -0.25) is 0 Å². The van der Waals surface area contributed by atoms with Gasteiger partial charge in [-0.15, -0.1) is 0 Å². The van der Waals surface area contributed by atoms with Crippen LogP contribution in [-0.4, -0.2) is 52.1 Å². The Bertz CT molecular complexity index is 225. The normalized spacial score (nSPS) is 36.4. The first-order chi connectivity index (χ1) is 8.36. The van der Waals surface area contributed by atoms with Crippen molar-refractivity contribution in [3.05, 3.63) is 0 Å². The molecule has 17 heavy (non-hydrogen) atoms. The van der Waals surface area contributed by atoms with Gasteiger partial charge in [-0.2, -0.15) is 0 Å². The number of unbranched alkanes of at least 4 members (excludes halogenated alkanes) is 1. The van der Waals surface area contributed by atoms with Gasteiger partial charge >= 0.3 is 0 Å². The van der Waals surface area contributed by atoms with Crippen molar-refractivity contribution in [1.29, 1.82) is 0 Å². The summed E-state index contributed by atoms with van der Waals surface area (Å²) in [5.74, 6) is 1.07. The highest BCUT2D eigenvalue weighted by Gasteiger charge is 2.46. The van der Waals surface area contributed by atoms with Gasteiger partial charge < -0.3 is 20.1 Å². The first-order valence-electron chi connectivity index (χ1n) is 6.95. The van der Waals surface area contributed by atoms with E-state index in [1.54, 1.807) is 0 Å². The molecule has 0 bridgehead atoms. The van der Waals surface area contributed by atoms with Crippen molar-refractivity contribution in [2.75, 3.05) is 39.9 Å². The molecule has 4 atom stereocenters. The number of rotatable bonds is 7. The lowest BCUT2D eigenvalue weighted by atomic mass is 9.96. The first-order valence-corrected chi connectivity index (χ1v) is 6.95. The first kappa shape index (κ1) is 13.3. The van der Waals surface area contributed by atoms with Crippen molar-refractivity contribution >= 4 is 0 Å². The van der Waals surface area contributed by atoms with Crippen molar-refractivity contribution in [3.63, 3.8) is 0 Å². The Morgan fingerprint density at radius 1 is 1.06 bits per heavy atom. The predicted octanol–water partition coefficient (Wildman–Crippen LogP) is 0.626. The van der Waals surface area contributed by atoms with Gasteiger partial charge in [0, 0.05) is 24.9 Å². The molecule has 0 amide bonds. The summed E-state index contributed by atoms with van der Waals surface area (Å²) in [4.78, 5) is 0. The van der Waals surface area contributed by atoms with E-state index in [-0.39, 0.29) is 0 Å². The highest BCUT2D eigenvalue weighted by atomic mass is 16.6. The summed E-state index contributed by atoms with van der Waals surface area (Å²) >= 11 is 0. The summed E-state index contributed by atoms with van der Waals surface area (Å²) < 4.78 is 11.8. The van der Waals surface area contributed by atoms with Gasteiger partial charge in [-0.05, 0) is 20.0 Å². The van der Waals surface area contributed by atoms with E-state index >= 15 is 0 Å². The van der Waals surface area contributed by atoms with Gasteiger partial charge in [0.1, 0.15) is 0 Å². The monoisotopic (exact) mass is 242 g/mol. The van der Waals surface area contributed by atoms with Gasteiger partial charge in [0.25, 0.3) is 0 Å². The van der Waals surface area contributed by atoms with E-state index in [9.17, 15) is 0 Å². The van der Waals surface area contributed by atoms with Crippen LogP contribution < -0.4 is 10.6 Å². The smallest absolute Gasteiger partial charge is 0.0903 e. The molecule has 4 unspecified atom stereocenters. The molecule has 0 aromatic carbocycles. The molecular formula is C13H26N2O2. The molecule has 100 valence electrons. The van der Waals surface area contributed by atoms with Crippen molar-refractivity contribution in [1.82, 2.24) is 10.6 Å². The van der Waals surface area contributed by atoms with Crippen molar-refractivity contribution in [2.45, 2.75) is 32.0 Å². The van der Waals surface area contributed by atoms with Crippen LogP contribution in [0, 0.1) is 11.8 Å². The topological polar surface area (TPSA) is 42.5 Å². The van der Waals surface area contributed by atoms with Crippen LogP contribution in [0.2, 0.25) is 0 Å². The molecule has 2 N–H and O–H groups in total. The zero-order valence-corrected chi connectivity index (χ0v) is 11.1.